The van der Waals surface area contributed by atoms with Gasteiger partial charge in [-0.2, -0.15) is 0 Å². The van der Waals surface area contributed by atoms with Crippen LogP contribution >= 0.6 is 0 Å². The van der Waals surface area contributed by atoms with Crippen molar-refractivity contribution < 1.29 is 9.90 Å². The number of ketones is 1. The van der Waals surface area contributed by atoms with Crippen LogP contribution < -0.4 is 0 Å². The van der Waals surface area contributed by atoms with E-state index in [2.05, 4.69) is 24.3 Å². The molecule has 0 heterocycles. The van der Waals surface area contributed by atoms with E-state index in [1.165, 1.54) is 5.57 Å². The van der Waals surface area contributed by atoms with Crippen LogP contribution in [0.25, 0.3) is 0 Å². The first-order chi connectivity index (χ1) is 8.64. The second kappa shape index (κ2) is 4.20. The van der Waals surface area contributed by atoms with Crippen molar-refractivity contribution in [3.05, 3.63) is 35.5 Å². The maximum Gasteiger partial charge on any atom is 0.190 e. The zero-order valence-corrected chi connectivity index (χ0v) is 10.9. The summed E-state index contributed by atoms with van der Waals surface area (Å²) in [5.74, 6) is 0.942. The lowest BCUT2D eigenvalue weighted by atomic mass is 9.65. The molecule has 3 atom stereocenters. The van der Waals surface area contributed by atoms with E-state index in [1.54, 1.807) is 0 Å². The average Bonchev–Trinajstić information content (AvgIpc) is 2.42. The van der Waals surface area contributed by atoms with Gasteiger partial charge in [0.1, 0.15) is 5.60 Å². The molecule has 96 valence electrons. The summed E-state index contributed by atoms with van der Waals surface area (Å²) >= 11 is 0. The summed E-state index contributed by atoms with van der Waals surface area (Å²) in [6.45, 7) is 1.90. The number of aliphatic hydroxyl groups is 1. The van der Waals surface area contributed by atoms with E-state index >= 15 is 0 Å². The van der Waals surface area contributed by atoms with Gasteiger partial charge in [-0.1, -0.05) is 31.2 Å². The van der Waals surface area contributed by atoms with Gasteiger partial charge < -0.3 is 5.11 Å². The summed E-state index contributed by atoms with van der Waals surface area (Å²) in [6, 6.07) is 0. The van der Waals surface area contributed by atoms with Crippen molar-refractivity contribution in [2.75, 3.05) is 0 Å². The molecule has 3 aliphatic carbocycles. The summed E-state index contributed by atoms with van der Waals surface area (Å²) in [6.07, 6.45) is 12.7. The van der Waals surface area contributed by atoms with Crippen LogP contribution in [0.1, 0.15) is 39.0 Å². The number of allylic oxidation sites excluding steroid dienone is 5. The second-order valence-electron chi connectivity index (χ2n) is 5.81. The molecule has 0 aromatic heterocycles. The first kappa shape index (κ1) is 11.9. The van der Waals surface area contributed by atoms with Gasteiger partial charge in [0.05, 0.1) is 0 Å². The zero-order valence-electron chi connectivity index (χ0n) is 10.9. The van der Waals surface area contributed by atoms with Gasteiger partial charge in [-0.15, -0.1) is 0 Å². The Kier molecular flexibility index (Phi) is 2.78. The SMILES string of the molecule is CCC1(O)CCC2CC3CC=CC=C3C=C2C1=O. The fraction of sp³-hybridized carbons (Fsp3) is 0.562. The van der Waals surface area contributed by atoms with Crippen LogP contribution in [0.3, 0.4) is 0 Å². The smallest absolute Gasteiger partial charge is 0.190 e. The van der Waals surface area contributed by atoms with E-state index in [4.69, 9.17) is 0 Å². The Bertz CT molecular complexity index is 469. The third kappa shape index (κ3) is 1.71. The Morgan fingerprint density at radius 3 is 3.06 bits per heavy atom. The van der Waals surface area contributed by atoms with Crippen LogP contribution in [-0.4, -0.2) is 16.5 Å². The van der Waals surface area contributed by atoms with Crippen molar-refractivity contribution in [3.8, 4) is 0 Å². The van der Waals surface area contributed by atoms with Crippen LogP contribution in [-0.2, 0) is 4.79 Å². The molecule has 2 nitrogen and oxygen atoms in total. The van der Waals surface area contributed by atoms with Gasteiger partial charge >= 0.3 is 0 Å². The van der Waals surface area contributed by atoms with Crippen LogP contribution in [0.5, 0.6) is 0 Å². The normalized spacial score (nSPS) is 38.7. The minimum atomic E-state index is -1.10. The predicted molar refractivity (Wildman–Crippen MR) is 71.0 cm³/mol. The lowest BCUT2D eigenvalue weighted by Gasteiger charge is -2.40. The fourth-order valence-corrected chi connectivity index (χ4v) is 3.52. The Morgan fingerprint density at radius 1 is 1.44 bits per heavy atom. The summed E-state index contributed by atoms with van der Waals surface area (Å²) in [5.41, 5.74) is 1.06. The van der Waals surface area contributed by atoms with Gasteiger partial charge in [-0.05, 0) is 49.5 Å². The molecule has 3 unspecified atom stereocenters. The van der Waals surface area contributed by atoms with Gasteiger partial charge in [0, 0.05) is 5.57 Å². The predicted octanol–water partition coefficient (Wildman–Crippen LogP) is 2.94. The topological polar surface area (TPSA) is 37.3 Å². The average molecular weight is 244 g/mol. The maximum absolute atomic E-state index is 12.4. The zero-order chi connectivity index (χ0) is 12.8. The summed E-state index contributed by atoms with van der Waals surface area (Å²) in [5, 5.41) is 10.4. The standard InChI is InChI=1S/C16H20O2/c1-2-16(18)8-7-13-9-11-5-3-4-6-12(11)10-14(13)15(16)17/h3-4,6,10-11,13,18H,2,5,7-9H2,1H3. The fourth-order valence-electron chi connectivity index (χ4n) is 3.52. The Balaban J connectivity index is 1.97. The molecule has 1 N–H and O–H groups in total. The molecule has 0 radical (unpaired) electrons. The molecule has 0 aromatic rings. The highest BCUT2D eigenvalue weighted by atomic mass is 16.3. The molecule has 0 amide bonds. The molecule has 1 saturated carbocycles. The van der Waals surface area contributed by atoms with E-state index in [0.29, 0.717) is 24.7 Å². The molecule has 0 aromatic carbocycles. The van der Waals surface area contributed by atoms with Crippen LogP contribution in [0.4, 0.5) is 0 Å². The first-order valence-electron chi connectivity index (χ1n) is 6.99. The van der Waals surface area contributed by atoms with Crippen LogP contribution in [0, 0.1) is 11.8 Å². The first-order valence-corrected chi connectivity index (χ1v) is 6.99. The van der Waals surface area contributed by atoms with Crippen molar-refractivity contribution in [2.24, 2.45) is 11.8 Å². The molecule has 18 heavy (non-hydrogen) atoms. The largest absolute Gasteiger partial charge is 0.382 e. The number of carbonyl (C=O) groups excluding carboxylic acids is 1. The van der Waals surface area contributed by atoms with E-state index in [9.17, 15) is 9.90 Å². The molecule has 1 fully saturated rings. The van der Waals surface area contributed by atoms with Crippen LogP contribution in [0.15, 0.2) is 35.5 Å². The van der Waals surface area contributed by atoms with Gasteiger partial charge in [0.25, 0.3) is 0 Å². The molecule has 0 bridgehead atoms. The molecule has 3 rings (SSSR count). The van der Waals surface area contributed by atoms with Gasteiger partial charge in [-0.3, -0.25) is 4.79 Å². The highest BCUT2D eigenvalue weighted by Gasteiger charge is 2.45. The van der Waals surface area contributed by atoms with E-state index in [1.807, 2.05) is 6.92 Å². The van der Waals surface area contributed by atoms with Crippen molar-refractivity contribution in [3.63, 3.8) is 0 Å². The Morgan fingerprint density at radius 2 is 2.28 bits per heavy atom. The number of hydrogen-bond donors (Lipinski definition) is 1. The van der Waals surface area contributed by atoms with Crippen molar-refractivity contribution in [1.82, 2.24) is 0 Å². The summed E-state index contributed by atoms with van der Waals surface area (Å²) < 4.78 is 0. The summed E-state index contributed by atoms with van der Waals surface area (Å²) in [4.78, 5) is 12.4. The molecule has 0 spiro atoms. The van der Waals surface area contributed by atoms with Crippen molar-refractivity contribution in [1.29, 1.82) is 0 Å². The minimum Gasteiger partial charge on any atom is -0.382 e. The Labute approximate surface area is 108 Å². The van der Waals surface area contributed by atoms with Crippen molar-refractivity contribution >= 4 is 5.78 Å². The highest BCUT2D eigenvalue weighted by molar-refractivity contribution is 6.03. The molecule has 3 aliphatic rings. The van der Waals surface area contributed by atoms with Crippen molar-refractivity contribution in [2.45, 2.75) is 44.6 Å². The molecule has 2 heteroatoms. The van der Waals surface area contributed by atoms with E-state index in [-0.39, 0.29) is 5.78 Å². The van der Waals surface area contributed by atoms with E-state index in [0.717, 1.165) is 24.8 Å². The molecule has 0 saturated heterocycles. The number of rotatable bonds is 1. The second-order valence-corrected chi connectivity index (χ2v) is 5.81. The highest BCUT2D eigenvalue weighted by Crippen LogP contribution is 2.45. The molecule has 0 aliphatic heterocycles. The number of carbonyl (C=O) groups is 1. The number of fused-ring (bicyclic) bond motifs is 2. The lowest BCUT2D eigenvalue weighted by molar-refractivity contribution is -0.137. The summed E-state index contributed by atoms with van der Waals surface area (Å²) in [7, 11) is 0. The monoisotopic (exact) mass is 244 g/mol. The Hall–Kier alpha value is -1.15. The molecular formula is C16H20O2. The maximum atomic E-state index is 12.4. The quantitative estimate of drug-likeness (QED) is 0.770. The number of Topliss-reactive ketones (excluding diaryl/α,β-unsaturated/α-hetero) is 1. The van der Waals surface area contributed by atoms with Gasteiger partial charge in [-0.25, -0.2) is 0 Å². The van der Waals surface area contributed by atoms with Gasteiger partial charge in [0.15, 0.2) is 5.78 Å². The van der Waals surface area contributed by atoms with Crippen LogP contribution in [0.2, 0.25) is 0 Å². The van der Waals surface area contributed by atoms with Gasteiger partial charge in [0.2, 0.25) is 0 Å². The minimum absolute atomic E-state index is 0.0184. The molecular weight excluding hydrogens is 224 g/mol. The third-order valence-corrected chi connectivity index (χ3v) is 4.82. The third-order valence-electron chi connectivity index (χ3n) is 4.82. The number of hydrogen-bond acceptors (Lipinski definition) is 2. The van der Waals surface area contributed by atoms with E-state index < -0.39 is 5.60 Å². The lowest BCUT2D eigenvalue weighted by Crippen LogP contribution is -2.46.